The molecule has 1 unspecified atom stereocenters. The maximum absolute atomic E-state index is 11.8. The molecule has 0 fully saturated rings. The largest absolute Gasteiger partial charge is 0.467 e. The highest BCUT2D eigenvalue weighted by Gasteiger charge is 2.34. The van der Waals surface area contributed by atoms with Crippen molar-refractivity contribution in [1.29, 1.82) is 0 Å². The van der Waals surface area contributed by atoms with Crippen LogP contribution >= 0.6 is 11.5 Å². The van der Waals surface area contributed by atoms with Gasteiger partial charge in [0.2, 0.25) is 5.13 Å². The number of carbonyl (C=O) groups is 1. The third kappa shape index (κ3) is 3.39. The van der Waals surface area contributed by atoms with Gasteiger partial charge in [0, 0.05) is 18.0 Å². The van der Waals surface area contributed by atoms with Crippen LogP contribution in [0.4, 0.5) is 5.13 Å². The Balaban J connectivity index is 2.82. The summed E-state index contributed by atoms with van der Waals surface area (Å²) >= 11 is 1.27. The van der Waals surface area contributed by atoms with Crippen molar-refractivity contribution in [2.75, 3.05) is 12.4 Å². The molecule has 1 heterocycles. The van der Waals surface area contributed by atoms with E-state index in [1.54, 1.807) is 0 Å². The highest BCUT2D eigenvalue weighted by atomic mass is 32.1. The summed E-state index contributed by atoms with van der Waals surface area (Å²) in [6.45, 7) is 5.85. The zero-order chi connectivity index (χ0) is 12.9. The fraction of sp³-hybridized carbons (Fsp3) is 0.727. The monoisotopic (exact) mass is 257 g/mol. The van der Waals surface area contributed by atoms with Gasteiger partial charge < -0.3 is 10.1 Å². The normalized spacial score (nSPS) is 14.1. The van der Waals surface area contributed by atoms with E-state index in [2.05, 4.69) is 14.7 Å². The molecule has 1 aromatic rings. The molecule has 1 atom stereocenters. The van der Waals surface area contributed by atoms with E-state index in [1.807, 2.05) is 20.8 Å². The first kappa shape index (κ1) is 13.9. The molecule has 96 valence electrons. The molecule has 0 aliphatic carbocycles. The van der Waals surface area contributed by atoms with E-state index in [1.165, 1.54) is 18.6 Å². The number of esters is 1. The lowest BCUT2D eigenvalue weighted by Gasteiger charge is -2.26. The van der Waals surface area contributed by atoms with Gasteiger partial charge in [0.05, 0.1) is 7.11 Å². The predicted molar refractivity (Wildman–Crippen MR) is 68.2 cm³/mol. The summed E-state index contributed by atoms with van der Waals surface area (Å²) in [6.07, 6.45) is 2.37. The number of hydrogen-bond acceptors (Lipinski definition) is 6. The van der Waals surface area contributed by atoms with Crippen LogP contribution in [0, 0.1) is 0 Å². The average Bonchev–Trinajstić information content (AvgIpc) is 2.75. The van der Waals surface area contributed by atoms with Crippen LogP contribution in [-0.4, -0.2) is 28.0 Å². The molecular weight excluding hydrogens is 238 g/mol. The van der Waals surface area contributed by atoms with Crippen molar-refractivity contribution in [3.8, 4) is 0 Å². The van der Waals surface area contributed by atoms with Gasteiger partial charge >= 0.3 is 5.97 Å². The molecule has 0 bridgehead atoms. The zero-order valence-corrected chi connectivity index (χ0v) is 11.6. The molecule has 6 heteroatoms. The van der Waals surface area contributed by atoms with Crippen LogP contribution in [0.3, 0.4) is 0 Å². The molecule has 5 nitrogen and oxygen atoms in total. The standard InChI is InChI=1S/C11H19N3O2S/c1-5-7-11(3,9(15)16-4)13-10-12-8(6-2)14-17-10/h5-7H2,1-4H3,(H,12,13,14). The van der Waals surface area contributed by atoms with Crippen LogP contribution in [-0.2, 0) is 16.0 Å². The Morgan fingerprint density at radius 2 is 2.24 bits per heavy atom. The summed E-state index contributed by atoms with van der Waals surface area (Å²) < 4.78 is 9.01. The van der Waals surface area contributed by atoms with Crippen LogP contribution in [0.15, 0.2) is 0 Å². The number of methoxy groups -OCH3 is 1. The van der Waals surface area contributed by atoms with E-state index in [4.69, 9.17) is 4.74 Å². The number of carbonyl (C=O) groups excluding carboxylic acids is 1. The molecule has 0 saturated carbocycles. The molecule has 0 aliphatic rings. The van der Waals surface area contributed by atoms with E-state index < -0.39 is 5.54 Å². The van der Waals surface area contributed by atoms with Crippen LogP contribution in [0.2, 0.25) is 0 Å². The lowest BCUT2D eigenvalue weighted by molar-refractivity contribution is -0.145. The third-order valence-corrected chi connectivity index (χ3v) is 3.22. The van der Waals surface area contributed by atoms with E-state index in [-0.39, 0.29) is 5.97 Å². The SMILES string of the molecule is CCCC(C)(Nc1nc(CC)ns1)C(=O)OC. The summed E-state index contributed by atoms with van der Waals surface area (Å²) in [5.74, 6) is 0.522. The quantitative estimate of drug-likeness (QED) is 0.792. The number of ether oxygens (including phenoxy) is 1. The van der Waals surface area contributed by atoms with Crippen molar-refractivity contribution >= 4 is 22.6 Å². The van der Waals surface area contributed by atoms with Crippen LogP contribution in [0.1, 0.15) is 39.4 Å². The van der Waals surface area contributed by atoms with Crippen molar-refractivity contribution in [3.63, 3.8) is 0 Å². The molecule has 0 amide bonds. The fourth-order valence-electron chi connectivity index (χ4n) is 1.63. The number of anilines is 1. The Kier molecular flexibility index (Phi) is 4.86. The van der Waals surface area contributed by atoms with E-state index in [0.29, 0.717) is 11.6 Å². The van der Waals surface area contributed by atoms with Crippen LogP contribution < -0.4 is 5.32 Å². The minimum Gasteiger partial charge on any atom is -0.467 e. The first-order valence-corrected chi connectivity index (χ1v) is 6.52. The lowest BCUT2D eigenvalue weighted by Crippen LogP contribution is -2.44. The summed E-state index contributed by atoms with van der Waals surface area (Å²) in [5.41, 5.74) is -0.728. The van der Waals surface area contributed by atoms with Gasteiger partial charge in [-0.15, -0.1) is 0 Å². The maximum atomic E-state index is 11.8. The molecule has 1 N–H and O–H groups in total. The van der Waals surface area contributed by atoms with Gasteiger partial charge in [0.1, 0.15) is 11.4 Å². The van der Waals surface area contributed by atoms with E-state index in [9.17, 15) is 4.79 Å². The van der Waals surface area contributed by atoms with Crippen LogP contribution in [0.5, 0.6) is 0 Å². The van der Waals surface area contributed by atoms with Gasteiger partial charge in [-0.2, -0.15) is 4.37 Å². The van der Waals surface area contributed by atoms with Gasteiger partial charge in [-0.3, -0.25) is 0 Å². The molecule has 1 aromatic heterocycles. The highest BCUT2D eigenvalue weighted by Crippen LogP contribution is 2.23. The maximum Gasteiger partial charge on any atom is 0.331 e. The molecule has 0 saturated heterocycles. The van der Waals surface area contributed by atoms with Gasteiger partial charge in [-0.05, 0) is 13.3 Å². The van der Waals surface area contributed by atoms with Gasteiger partial charge in [-0.25, -0.2) is 9.78 Å². The topological polar surface area (TPSA) is 64.1 Å². The summed E-state index contributed by atoms with van der Waals surface area (Å²) in [4.78, 5) is 16.1. The number of rotatable bonds is 6. The number of nitrogens with one attached hydrogen (secondary N) is 1. The molecule has 0 aromatic carbocycles. The van der Waals surface area contributed by atoms with Gasteiger partial charge in [0.25, 0.3) is 0 Å². The Labute approximate surface area is 106 Å². The van der Waals surface area contributed by atoms with Crippen molar-refractivity contribution in [1.82, 2.24) is 9.36 Å². The summed E-state index contributed by atoms with van der Waals surface area (Å²) in [6, 6.07) is 0. The molecule has 1 rings (SSSR count). The molecule has 0 aliphatic heterocycles. The van der Waals surface area contributed by atoms with E-state index in [0.717, 1.165) is 18.7 Å². The Hall–Kier alpha value is -1.17. The smallest absolute Gasteiger partial charge is 0.331 e. The molecule has 0 spiro atoms. The summed E-state index contributed by atoms with van der Waals surface area (Å²) in [5, 5.41) is 3.80. The highest BCUT2D eigenvalue weighted by molar-refractivity contribution is 7.09. The van der Waals surface area contributed by atoms with Crippen LogP contribution in [0.25, 0.3) is 0 Å². The van der Waals surface area contributed by atoms with Crippen molar-refractivity contribution < 1.29 is 9.53 Å². The third-order valence-electron chi connectivity index (χ3n) is 2.55. The Morgan fingerprint density at radius 3 is 2.71 bits per heavy atom. The number of hydrogen-bond donors (Lipinski definition) is 1. The molecular formula is C11H19N3O2S. The Bertz CT molecular complexity index is 381. The summed E-state index contributed by atoms with van der Waals surface area (Å²) in [7, 11) is 1.40. The number of aromatic nitrogens is 2. The Morgan fingerprint density at radius 1 is 1.53 bits per heavy atom. The molecule has 0 radical (unpaired) electrons. The minimum absolute atomic E-state index is 0.271. The van der Waals surface area contributed by atoms with E-state index >= 15 is 0 Å². The first-order chi connectivity index (χ1) is 8.05. The number of nitrogens with zero attached hydrogens (tertiary/aromatic N) is 2. The molecule has 17 heavy (non-hydrogen) atoms. The second kappa shape index (κ2) is 5.95. The minimum atomic E-state index is -0.728. The zero-order valence-electron chi connectivity index (χ0n) is 10.7. The second-order valence-electron chi connectivity index (χ2n) is 4.07. The average molecular weight is 257 g/mol. The van der Waals surface area contributed by atoms with Crippen molar-refractivity contribution in [2.24, 2.45) is 0 Å². The number of aryl methyl sites for hydroxylation is 1. The predicted octanol–water partition coefficient (Wildman–Crippen LogP) is 2.24. The van der Waals surface area contributed by atoms with Gasteiger partial charge in [-0.1, -0.05) is 20.3 Å². The first-order valence-electron chi connectivity index (χ1n) is 5.75. The second-order valence-corrected chi connectivity index (χ2v) is 4.82. The van der Waals surface area contributed by atoms with Crippen molar-refractivity contribution in [2.45, 2.75) is 45.6 Å². The lowest BCUT2D eigenvalue weighted by atomic mass is 9.97. The van der Waals surface area contributed by atoms with Crippen molar-refractivity contribution in [3.05, 3.63) is 5.82 Å². The van der Waals surface area contributed by atoms with Gasteiger partial charge in [0.15, 0.2) is 0 Å². The fourth-order valence-corrected chi connectivity index (χ4v) is 2.40.